The lowest BCUT2D eigenvalue weighted by Crippen LogP contribution is -2.24. The van der Waals surface area contributed by atoms with Crippen LogP contribution < -0.4 is 5.32 Å². The smallest absolute Gasteiger partial charge is 0.251 e. The van der Waals surface area contributed by atoms with Crippen molar-refractivity contribution in [1.29, 1.82) is 0 Å². The number of imidazole rings is 1. The minimum atomic E-state index is -3.25. The van der Waals surface area contributed by atoms with Crippen molar-refractivity contribution >= 4 is 26.8 Å². The zero-order valence-corrected chi connectivity index (χ0v) is 15.3. The van der Waals surface area contributed by atoms with E-state index in [1.165, 1.54) is 24.3 Å². The van der Waals surface area contributed by atoms with E-state index in [1.54, 1.807) is 6.92 Å². The Bertz CT molecular complexity index is 975. The molecule has 6 nitrogen and oxygen atoms in total. The number of H-pyrrole nitrogens is 1. The molecule has 1 aromatic heterocycles. The second-order valence-corrected chi connectivity index (χ2v) is 8.27. The molecule has 1 heterocycles. The Morgan fingerprint density at radius 1 is 1.12 bits per heavy atom. The molecule has 0 spiro atoms. The Kier molecular flexibility index (Phi) is 5.37. The van der Waals surface area contributed by atoms with Gasteiger partial charge in [0, 0.05) is 18.5 Å². The number of nitrogens with one attached hydrogen (secondary N) is 2. The number of hydrogen-bond donors (Lipinski definition) is 2. The first-order valence-electron chi connectivity index (χ1n) is 8.54. The lowest BCUT2D eigenvalue weighted by atomic mass is 10.2. The van der Waals surface area contributed by atoms with E-state index in [0.29, 0.717) is 12.1 Å². The molecular weight excluding hydrogens is 350 g/mol. The predicted molar refractivity (Wildman–Crippen MR) is 101 cm³/mol. The number of aryl methyl sites for hydroxylation is 1. The molecule has 1 amide bonds. The quantitative estimate of drug-likeness (QED) is 0.625. The number of para-hydroxylation sites is 2. The fourth-order valence-electron chi connectivity index (χ4n) is 2.66. The molecule has 0 radical (unpaired) electrons. The first kappa shape index (κ1) is 18.1. The van der Waals surface area contributed by atoms with Crippen molar-refractivity contribution in [2.24, 2.45) is 0 Å². The lowest BCUT2D eigenvalue weighted by molar-refractivity contribution is 0.0953. The van der Waals surface area contributed by atoms with Crippen molar-refractivity contribution in [2.45, 2.75) is 24.7 Å². The number of hydrogen-bond acceptors (Lipinski definition) is 4. The summed E-state index contributed by atoms with van der Waals surface area (Å²) >= 11 is 0. The number of nitrogens with zero attached hydrogens (tertiary/aromatic N) is 1. The number of carbonyl (C=O) groups excluding carboxylic acids is 1. The van der Waals surface area contributed by atoms with E-state index in [1.807, 2.05) is 24.3 Å². The molecule has 7 heteroatoms. The van der Waals surface area contributed by atoms with E-state index in [0.717, 1.165) is 29.7 Å². The van der Waals surface area contributed by atoms with Crippen LogP contribution in [0.4, 0.5) is 0 Å². The average molecular weight is 371 g/mol. The summed E-state index contributed by atoms with van der Waals surface area (Å²) in [5.41, 5.74) is 2.39. The van der Waals surface area contributed by atoms with Crippen LogP contribution in [0.15, 0.2) is 53.4 Å². The van der Waals surface area contributed by atoms with Crippen LogP contribution in [-0.2, 0) is 16.3 Å². The normalized spacial score (nSPS) is 11.6. The van der Waals surface area contributed by atoms with Gasteiger partial charge in [-0.15, -0.1) is 0 Å². The molecule has 2 N–H and O–H groups in total. The molecular formula is C19H21N3O3S. The van der Waals surface area contributed by atoms with Gasteiger partial charge in [-0.2, -0.15) is 0 Å². The van der Waals surface area contributed by atoms with E-state index in [9.17, 15) is 13.2 Å². The fourth-order valence-corrected chi connectivity index (χ4v) is 3.55. The summed E-state index contributed by atoms with van der Waals surface area (Å²) in [6.45, 7) is 2.11. The van der Waals surface area contributed by atoms with E-state index < -0.39 is 9.84 Å². The van der Waals surface area contributed by atoms with Crippen LogP contribution in [-0.4, -0.2) is 36.6 Å². The lowest BCUT2D eigenvalue weighted by Gasteiger charge is -2.06. The molecule has 0 saturated carbocycles. The van der Waals surface area contributed by atoms with Gasteiger partial charge < -0.3 is 10.3 Å². The number of fused-ring (bicyclic) bond motifs is 1. The summed E-state index contributed by atoms with van der Waals surface area (Å²) in [5, 5.41) is 2.85. The van der Waals surface area contributed by atoms with Crippen LogP contribution in [0.25, 0.3) is 11.0 Å². The van der Waals surface area contributed by atoms with E-state index in [2.05, 4.69) is 15.3 Å². The number of carbonyl (C=O) groups is 1. The van der Waals surface area contributed by atoms with Gasteiger partial charge in [0.2, 0.25) is 0 Å². The maximum Gasteiger partial charge on any atom is 0.251 e. The van der Waals surface area contributed by atoms with E-state index >= 15 is 0 Å². The maximum absolute atomic E-state index is 12.1. The van der Waals surface area contributed by atoms with Gasteiger partial charge in [-0.05, 0) is 42.8 Å². The van der Waals surface area contributed by atoms with Crippen molar-refractivity contribution in [3.05, 3.63) is 59.9 Å². The highest BCUT2D eigenvalue weighted by atomic mass is 32.2. The Hall–Kier alpha value is -2.67. The molecule has 26 heavy (non-hydrogen) atoms. The summed E-state index contributed by atoms with van der Waals surface area (Å²) in [5.74, 6) is 0.727. The summed E-state index contributed by atoms with van der Waals surface area (Å²) in [6, 6.07) is 13.9. The third-order valence-electron chi connectivity index (χ3n) is 4.17. The maximum atomic E-state index is 12.1. The standard InChI is InChI=1S/C19H21N3O3S/c1-2-26(24,25)15-11-9-14(10-12-15)19(23)20-13-5-8-18-21-16-6-3-4-7-17(16)22-18/h3-4,6-7,9-12H,2,5,8,13H2,1H3,(H,20,23)(H,21,22). The second-order valence-electron chi connectivity index (χ2n) is 5.99. The van der Waals surface area contributed by atoms with Gasteiger partial charge in [-0.25, -0.2) is 13.4 Å². The van der Waals surface area contributed by atoms with Gasteiger partial charge >= 0.3 is 0 Å². The number of benzene rings is 2. The van der Waals surface area contributed by atoms with Gasteiger partial charge in [0.1, 0.15) is 5.82 Å². The molecule has 3 aromatic rings. The average Bonchev–Trinajstić information content (AvgIpc) is 3.08. The van der Waals surface area contributed by atoms with Crippen LogP contribution in [0.1, 0.15) is 29.5 Å². The Morgan fingerprint density at radius 3 is 2.54 bits per heavy atom. The minimum Gasteiger partial charge on any atom is -0.352 e. The number of aromatic nitrogens is 2. The molecule has 0 aliphatic carbocycles. The third kappa shape index (κ3) is 4.11. The van der Waals surface area contributed by atoms with Gasteiger partial charge in [0.25, 0.3) is 5.91 Å². The fraction of sp³-hybridized carbons (Fsp3) is 0.263. The van der Waals surface area contributed by atoms with Crippen molar-refractivity contribution < 1.29 is 13.2 Å². The van der Waals surface area contributed by atoms with E-state index in [-0.39, 0.29) is 16.6 Å². The highest BCUT2D eigenvalue weighted by Gasteiger charge is 2.12. The van der Waals surface area contributed by atoms with Gasteiger partial charge in [0.15, 0.2) is 9.84 Å². The largest absolute Gasteiger partial charge is 0.352 e. The van der Waals surface area contributed by atoms with Gasteiger partial charge in [-0.3, -0.25) is 4.79 Å². The molecule has 0 fully saturated rings. The molecule has 136 valence electrons. The van der Waals surface area contributed by atoms with Crippen LogP contribution in [0.2, 0.25) is 0 Å². The summed E-state index contributed by atoms with van der Waals surface area (Å²) in [7, 11) is -3.25. The third-order valence-corrected chi connectivity index (χ3v) is 5.92. The van der Waals surface area contributed by atoms with Crippen molar-refractivity contribution in [3.63, 3.8) is 0 Å². The second kappa shape index (κ2) is 7.70. The molecule has 0 atom stereocenters. The summed E-state index contributed by atoms with van der Waals surface area (Å²) < 4.78 is 23.6. The summed E-state index contributed by atoms with van der Waals surface area (Å²) in [4.78, 5) is 20.1. The topological polar surface area (TPSA) is 91.9 Å². The predicted octanol–water partition coefficient (Wildman–Crippen LogP) is 2.72. The SMILES string of the molecule is CCS(=O)(=O)c1ccc(C(=O)NCCCc2nc3ccccc3[nH]2)cc1. The van der Waals surface area contributed by atoms with Crippen LogP contribution in [0.3, 0.4) is 0 Å². The first-order valence-corrected chi connectivity index (χ1v) is 10.2. The zero-order valence-electron chi connectivity index (χ0n) is 14.5. The van der Waals surface area contributed by atoms with Crippen LogP contribution in [0, 0.1) is 0 Å². The molecule has 0 aliphatic rings. The number of amides is 1. The molecule has 3 rings (SSSR count). The van der Waals surface area contributed by atoms with Crippen molar-refractivity contribution in [3.8, 4) is 0 Å². The molecule has 0 unspecified atom stereocenters. The summed E-state index contributed by atoms with van der Waals surface area (Å²) in [6.07, 6.45) is 1.50. The number of rotatable bonds is 7. The molecule has 0 saturated heterocycles. The Labute approximate surface area is 152 Å². The first-order chi connectivity index (χ1) is 12.5. The Morgan fingerprint density at radius 2 is 1.85 bits per heavy atom. The molecule has 0 bridgehead atoms. The van der Waals surface area contributed by atoms with Crippen molar-refractivity contribution in [1.82, 2.24) is 15.3 Å². The number of sulfone groups is 1. The van der Waals surface area contributed by atoms with Crippen LogP contribution >= 0.6 is 0 Å². The highest BCUT2D eigenvalue weighted by Crippen LogP contribution is 2.13. The minimum absolute atomic E-state index is 0.0420. The van der Waals surface area contributed by atoms with Gasteiger partial charge in [0.05, 0.1) is 21.7 Å². The monoisotopic (exact) mass is 371 g/mol. The Balaban J connectivity index is 1.51. The van der Waals surface area contributed by atoms with Crippen LogP contribution in [0.5, 0.6) is 0 Å². The van der Waals surface area contributed by atoms with Gasteiger partial charge in [-0.1, -0.05) is 19.1 Å². The van der Waals surface area contributed by atoms with Crippen molar-refractivity contribution in [2.75, 3.05) is 12.3 Å². The molecule has 2 aromatic carbocycles. The van der Waals surface area contributed by atoms with E-state index in [4.69, 9.17) is 0 Å². The zero-order chi connectivity index (χ0) is 18.6. The highest BCUT2D eigenvalue weighted by molar-refractivity contribution is 7.91. The number of aromatic amines is 1. The molecule has 0 aliphatic heterocycles.